The van der Waals surface area contributed by atoms with Crippen LogP contribution in [0.4, 0.5) is 0 Å². The molecule has 0 amide bonds. The molecule has 0 spiro atoms. The van der Waals surface area contributed by atoms with Gasteiger partial charge in [-0.05, 0) is 61.8 Å². The Morgan fingerprint density at radius 1 is 1.04 bits per heavy atom. The van der Waals surface area contributed by atoms with Crippen LogP contribution in [0.3, 0.4) is 0 Å². The first-order valence-corrected chi connectivity index (χ1v) is 10.00. The van der Waals surface area contributed by atoms with Crippen LogP contribution in [0.1, 0.15) is 35.1 Å². The standard InChI is InChI=1S/C24H27NO2/c1-17-12-18(2)24-21(15-23(26)27-22(24)13-17)16-25-10-8-20(9-11-25)14-19-6-4-3-5-7-19/h3-7,12-13,15,20H,8-11,14,16H2,1-2H3/p+1. The molecule has 2 aromatic carbocycles. The number of quaternary nitrogens is 1. The normalized spacial score (nSPS) is 20.1. The number of hydrogen-bond acceptors (Lipinski definition) is 2. The fourth-order valence-electron chi connectivity index (χ4n) is 4.60. The Balaban J connectivity index is 1.47. The molecule has 4 rings (SSSR count). The summed E-state index contributed by atoms with van der Waals surface area (Å²) in [5.41, 5.74) is 5.41. The lowest BCUT2D eigenvalue weighted by molar-refractivity contribution is -0.919. The zero-order chi connectivity index (χ0) is 18.8. The number of benzene rings is 2. The molecule has 1 aliphatic heterocycles. The first-order valence-electron chi connectivity index (χ1n) is 10.00. The van der Waals surface area contributed by atoms with Crippen LogP contribution >= 0.6 is 0 Å². The molecule has 1 N–H and O–H groups in total. The van der Waals surface area contributed by atoms with E-state index in [0.29, 0.717) is 0 Å². The second kappa shape index (κ2) is 7.69. The van der Waals surface area contributed by atoms with Crippen molar-refractivity contribution in [3.05, 3.63) is 81.2 Å². The lowest BCUT2D eigenvalue weighted by atomic mass is 9.90. The Hall–Kier alpha value is -2.39. The van der Waals surface area contributed by atoms with Crippen LogP contribution in [0.25, 0.3) is 11.0 Å². The lowest BCUT2D eigenvalue weighted by Gasteiger charge is -2.29. The van der Waals surface area contributed by atoms with Crippen molar-refractivity contribution in [2.24, 2.45) is 5.92 Å². The molecule has 2 heterocycles. The first kappa shape index (κ1) is 18.0. The second-order valence-electron chi connectivity index (χ2n) is 8.11. The molecule has 27 heavy (non-hydrogen) atoms. The van der Waals surface area contributed by atoms with Crippen molar-refractivity contribution >= 4 is 11.0 Å². The Bertz CT molecular complexity index is 982. The molecule has 0 unspecified atom stereocenters. The Morgan fingerprint density at radius 2 is 1.78 bits per heavy atom. The summed E-state index contributed by atoms with van der Waals surface area (Å²) < 4.78 is 5.47. The summed E-state index contributed by atoms with van der Waals surface area (Å²) in [6, 6.07) is 16.7. The van der Waals surface area contributed by atoms with E-state index < -0.39 is 0 Å². The Morgan fingerprint density at radius 3 is 2.52 bits per heavy atom. The van der Waals surface area contributed by atoms with Gasteiger partial charge in [0.05, 0.1) is 13.1 Å². The predicted octanol–water partition coefficient (Wildman–Crippen LogP) is 3.45. The molecule has 0 bridgehead atoms. The van der Waals surface area contributed by atoms with E-state index in [9.17, 15) is 4.79 Å². The summed E-state index contributed by atoms with van der Waals surface area (Å²) >= 11 is 0. The van der Waals surface area contributed by atoms with Gasteiger partial charge in [0.1, 0.15) is 12.1 Å². The minimum absolute atomic E-state index is 0.235. The maximum atomic E-state index is 12.0. The van der Waals surface area contributed by atoms with Crippen LogP contribution in [-0.2, 0) is 13.0 Å². The van der Waals surface area contributed by atoms with Crippen molar-refractivity contribution in [1.82, 2.24) is 0 Å². The highest BCUT2D eigenvalue weighted by Crippen LogP contribution is 2.23. The van der Waals surface area contributed by atoms with Crippen molar-refractivity contribution in [3.63, 3.8) is 0 Å². The minimum Gasteiger partial charge on any atom is -0.423 e. The average Bonchev–Trinajstić information content (AvgIpc) is 2.63. The summed E-state index contributed by atoms with van der Waals surface area (Å²) in [7, 11) is 0. The van der Waals surface area contributed by atoms with E-state index in [0.717, 1.165) is 34.6 Å². The number of rotatable bonds is 4. The first-order chi connectivity index (χ1) is 13.1. The van der Waals surface area contributed by atoms with Gasteiger partial charge in [-0.2, -0.15) is 0 Å². The van der Waals surface area contributed by atoms with E-state index in [1.807, 2.05) is 13.0 Å². The van der Waals surface area contributed by atoms with E-state index >= 15 is 0 Å². The van der Waals surface area contributed by atoms with Crippen molar-refractivity contribution in [2.75, 3.05) is 13.1 Å². The van der Waals surface area contributed by atoms with E-state index in [2.05, 4.69) is 43.3 Å². The third-order valence-electron chi connectivity index (χ3n) is 5.89. The largest absolute Gasteiger partial charge is 0.423 e. The van der Waals surface area contributed by atoms with Gasteiger partial charge in [-0.1, -0.05) is 36.4 Å². The molecule has 0 radical (unpaired) electrons. The molecule has 1 saturated heterocycles. The van der Waals surface area contributed by atoms with Gasteiger partial charge in [0.25, 0.3) is 0 Å². The molecule has 1 aliphatic rings. The van der Waals surface area contributed by atoms with Crippen molar-refractivity contribution in [2.45, 2.75) is 39.7 Å². The molecule has 3 heteroatoms. The minimum atomic E-state index is -0.235. The lowest BCUT2D eigenvalue weighted by Crippen LogP contribution is -3.11. The van der Waals surface area contributed by atoms with Crippen LogP contribution in [-0.4, -0.2) is 13.1 Å². The second-order valence-corrected chi connectivity index (χ2v) is 8.11. The van der Waals surface area contributed by atoms with Crippen molar-refractivity contribution in [1.29, 1.82) is 0 Å². The van der Waals surface area contributed by atoms with Gasteiger partial charge in [-0.3, -0.25) is 0 Å². The summed E-state index contributed by atoms with van der Waals surface area (Å²) in [5.74, 6) is 0.776. The number of aryl methyl sites for hydroxylation is 2. The highest BCUT2D eigenvalue weighted by atomic mass is 16.4. The van der Waals surface area contributed by atoms with Gasteiger partial charge in [-0.15, -0.1) is 0 Å². The molecule has 1 fully saturated rings. The van der Waals surface area contributed by atoms with E-state index in [1.54, 1.807) is 11.0 Å². The monoisotopic (exact) mass is 362 g/mol. The quantitative estimate of drug-likeness (QED) is 0.722. The van der Waals surface area contributed by atoms with Gasteiger partial charge in [-0.25, -0.2) is 4.79 Å². The van der Waals surface area contributed by atoms with Crippen molar-refractivity contribution < 1.29 is 9.32 Å². The van der Waals surface area contributed by atoms with Gasteiger partial charge < -0.3 is 9.32 Å². The van der Waals surface area contributed by atoms with Gasteiger partial charge in [0.2, 0.25) is 0 Å². The van der Waals surface area contributed by atoms with Gasteiger partial charge in [0, 0.05) is 17.0 Å². The highest BCUT2D eigenvalue weighted by Gasteiger charge is 2.23. The molecule has 3 aromatic rings. The maximum absolute atomic E-state index is 12.0. The van der Waals surface area contributed by atoms with Crippen LogP contribution in [0.15, 0.2) is 57.7 Å². The number of fused-ring (bicyclic) bond motifs is 1. The fourth-order valence-corrected chi connectivity index (χ4v) is 4.60. The molecule has 0 saturated carbocycles. The van der Waals surface area contributed by atoms with Crippen LogP contribution in [0.5, 0.6) is 0 Å². The molecule has 1 aromatic heterocycles. The fraction of sp³-hybridized carbons (Fsp3) is 0.375. The number of nitrogens with one attached hydrogen (secondary N) is 1. The predicted molar refractivity (Wildman–Crippen MR) is 109 cm³/mol. The maximum Gasteiger partial charge on any atom is 0.336 e. The van der Waals surface area contributed by atoms with Crippen LogP contribution in [0, 0.1) is 19.8 Å². The third-order valence-corrected chi connectivity index (χ3v) is 5.89. The molecule has 140 valence electrons. The molecule has 0 atom stereocenters. The van der Waals surface area contributed by atoms with Crippen LogP contribution < -0.4 is 10.5 Å². The summed E-state index contributed by atoms with van der Waals surface area (Å²) in [6.07, 6.45) is 3.69. The summed E-state index contributed by atoms with van der Waals surface area (Å²) in [6.45, 7) is 7.40. The summed E-state index contributed by atoms with van der Waals surface area (Å²) in [4.78, 5) is 13.6. The van der Waals surface area contributed by atoms with Crippen LogP contribution in [0.2, 0.25) is 0 Å². The number of hydrogen-bond donors (Lipinski definition) is 1. The molecule has 3 nitrogen and oxygen atoms in total. The smallest absolute Gasteiger partial charge is 0.336 e. The SMILES string of the molecule is Cc1cc(C)c2c(C[NH+]3CCC(Cc4ccccc4)CC3)cc(=O)oc2c1. The zero-order valence-corrected chi connectivity index (χ0v) is 16.3. The number of piperidine rings is 1. The molecule has 0 aliphatic carbocycles. The Labute approximate surface area is 160 Å². The molecular formula is C24H28NO2+. The number of likely N-dealkylation sites (tertiary alicyclic amines) is 1. The third kappa shape index (κ3) is 4.14. The van der Waals surface area contributed by atoms with Gasteiger partial charge in [0.15, 0.2) is 0 Å². The van der Waals surface area contributed by atoms with E-state index in [-0.39, 0.29) is 5.63 Å². The topological polar surface area (TPSA) is 34.7 Å². The van der Waals surface area contributed by atoms with E-state index in [1.165, 1.54) is 43.5 Å². The van der Waals surface area contributed by atoms with E-state index in [4.69, 9.17) is 4.42 Å². The van der Waals surface area contributed by atoms with Gasteiger partial charge >= 0.3 is 5.63 Å². The van der Waals surface area contributed by atoms with Crippen molar-refractivity contribution in [3.8, 4) is 0 Å². The zero-order valence-electron chi connectivity index (χ0n) is 16.3. The average molecular weight is 362 g/mol. The highest BCUT2D eigenvalue weighted by molar-refractivity contribution is 5.84. The Kier molecular flexibility index (Phi) is 5.13. The molecular weight excluding hydrogens is 334 g/mol. The summed E-state index contributed by atoms with van der Waals surface area (Å²) in [5, 5.41) is 1.12.